The monoisotopic (exact) mass is 325 g/mol. The van der Waals surface area contributed by atoms with Gasteiger partial charge in [-0.3, -0.25) is 9.78 Å². The lowest BCUT2D eigenvalue weighted by Crippen LogP contribution is -2.16. The van der Waals surface area contributed by atoms with Gasteiger partial charge in [0.05, 0.1) is 31.2 Å². The molecule has 0 spiro atoms. The van der Waals surface area contributed by atoms with Gasteiger partial charge in [-0.15, -0.1) is 0 Å². The number of nitrogens with zero attached hydrogens (tertiary/aromatic N) is 1. The van der Waals surface area contributed by atoms with Crippen LogP contribution in [0.1, 0.15) is 18.5 Å². The number of aromatic amines is 1. The van der Waals surface area contributed by atoms with Crippen LogP contribution in [0.3, 0.4) is 0 Å². The van der Waals surface area contributed by atoms with E-state index in [1.54, 1.807) is 20.3 Å². The highest BCUT2D eigenvalue weighted by Gasteiger charge is 2.14. The molecule has 0 aliphatic rings. The maximum absolute atomic E-state index is 12.2. The second-order valence-electron chi connectivity index (χ2n) is 5.41. The predicted octanol–water partition coefficient (Wildman–Crippen LogP) is 3.11. The highest BCUT2D eigenvalue weighted by molar-refractivity contribution is 5.78. The van der Waals surface area contributed by atoms with E-state index in [0.29, 0.717) is 16.9 Å². The Morgan fingerprint density at radius 1 is 1.12 bits per heavy atom. The third-order valence-electron chi connectivity index (χ3n) is 3.87. The van der Waals surface area contributed by atoms with Gasteiger partial charge in [-0.2, -0.15) is 0 Å². The SMILES string of the molecule is COc1ccc(OC)c([C@H](C)Nc2nc3ccccc3c(=O)[nH]2)c1. The first-order chi connectivity index (χ1) is 11.6. The van der Waals surface area contributed by atoms with E-state index in [-0.39, 0.29) is 11.6 Å². The van der Waals surface area contributed by atoms with Gasteiger partial charge in [0.25, 0.3) is 5.56 Å². The fourth-order valence-electron chi connectivity index (χ4n) is 2.62. The third kappa shape index (κ3) is 3.03. The van der Waals surface area contributed by atoms with E-state index >= 15 is 0 Å². The third-order valence-corrected chi connectivity index (χ3v) is 3.87. The van der Waals surface area contributed by atoms with Gasteiger partial charge in [0.2, 0.25) is 5.95 Å². The quantitative estimate of drug-likeness (QED) is 0.754. The Bertz CT molecular complexity index is 921. The van der Waals surface area contributed by atoms with Crippen molar-refractivity contribution in [2.45, 2.75) is 13.0 Å². The van der Waals surface area contributed by atoms with Crippen LogP contribution in [0.4, 0.5) is 5.95 Å². The molecule has 2 aromatic carbocycles. The molecule has 0 saturated heterocycles. The average Bonchev–Trinajstić information content (AvgIpc) is 2.61. The Morgan fingerprint density at radius 2 is 1.92 bits per heavy atom. The second kappa shape index (κ2) is 6.62. The molecule has 0 amide bonds. The number of anilines is 1. The van der Waals surface area contributed by atoms with Gasteiger partial charge in [-0.05, 0) is 37.3 Å². The number of hydrogen-bond acceptors (Lipinski definition) is 5. The number of aromatic nitrogens is 2. The lowest BCUT2D eigenvalue weighted by atomic mass is 10.1. The summed E-state index contributed by atoms with van der Waals surface area (Å²) in [5.41, 5.74) is 1.38. The van der Waals surface area contributed by atoms with Gasteiger partial charge < -0.3 is 14.8 Å². The van der Waals surface area contributed by atoms with Gasteiger partial charge in [0.1, 0.15) is 11.5 Å². The maximum Gasteiger partial charge on any atom is 0.260 e. The van der Waals surface area contributed by atoms with Crippen LogP contribution >= 0.6 is 0 Å². The molecule has 6 nitrogen and oxygen atoms in total. The molecule has 3 rings (SSSR count). The van der Waals surface area contributed by atoms with E-state index in [4.69, 9.17) is 9.47 Å². The number of methoxy groups -OCH3 is 2. The summed E-state index contributed by atoms with van der Waals surface area (Å²) in [6, 6.07) is 12.7. The molecule has 124 valence electrons. The molecular weight excluding hydrogens is 306 g/mol. The minimum Gasteiger partial charge on any atom is -0.497 e. The molecular formula is C18H19N3O3. The summed E-state index contributed by atoms with van der Waals surface area (Å²) in [5, 5.41) is 3.78. The highest BCUT2D eigenvalue weighted by Crippen LogP contribution is 2.30. The van der Waals surface area contributed by atoms with Crippen LogP contribution in [0, 0.1) is 0 Å². The molecule has 2 N–H and O–H groups in total. The summed E-state index contributed by atoms with van der Waals surface area (Å²) in [6.07, 6.45) is 0. The largest absolute Gasteiger partial charge is 0.497 e. The number of nitrogens with one attached hydrogen (secondary N) is 2. The summed E-state index contributed by atoms with van der Waals surface area (Å²) < 4.78 is 10.7. The molecule has 24 heavy (non-hydrogen) atoms. The first-order valence-electron chi connectivity index (χ1n) is 7.60. The van der Waals surface area contributed by atoms with Crippen molar-refractivity contribution in [2.24, 2.45) is 0 Å². The van der Waals surface area contributed by atoms with Gasteiger partial charge in [-0.1, -0.05) is 12.1 Å². The lowest BCUT2D eigenvalue weighted by Gasteiger charge is -2.18. The smallest absolute Gasteiger partial charge is 0.260 e. The Morgan fingerprint density at radius 3 is 2.67 bits per heavy atom. The molecule has 6 heteroatoms. The summed E-state index contributed by atoms with van der Waals surface area (Å²) >= 11 is 0. The number of fused-ring (bicyclic) bond motifs is 1. The fraction of sp³-hybridized carbons (Fsp3) is 0.222. The fourth-order valence-corrected chi connectivity index (χ4v) is 2.62. The number of para-hydroxylation sites is 1. The molecule has 0 aliphatic heterocycles. The van der Waals surface area contributed by atoms with E-state index in [2.05, 4.69) is 15.3 Å². The Kier molecular flexibility index (Phi) is 4.37. The summed E-state index contributed by atoms with van der Waals surface area (Å²) in [7, 11) is 3.24. The number of hydrogen-bond donors (Lipinski definition) is 2. The van der Waals surface area contributed by atoms with Crippen molar-refractivity contribution in [3.63, 3.8) is 0 Å². The Balaban J connectivity index is 1.95. The highest BCUT2D eigenvalue weighted by atomic mass is 16.5. The zero-order valence-electron chi connectivity index (χ0n) is 13.8. The van der Waals surface area contributed by atoms with Crippen molar-refractivity contribution < 1.29 is 9.47 Å². The minimum atomic E-state index is -0.173. The molecule has 3 aromatic rings. The molecule has 0 saturated carbocycles. The second-order valence-corrected chi connectivity index (χ2v) is 5.41. The van der Waals surface area contributed by atoms with Crippen LogP contribution in [0.25, 0.3) is 10.9 Å². The molecule has 0 unspecified atom stereocenters. The van der Waals surface area contributed by atoms with Crippen molar-refractivity contribution in [3.05, 3.63) is 58.4 Å². The van der Waals surface area contributed by atoms with Crippen molar-refractivity contribution in [1.82, 2.24) is 9.97 Å². The van der Waals surface area contributed by atoms with Gasteiger partial charge in [0, 0.05) is 5.56 Å². The van der Waals surface area contributed by atoms with Crippen LogP contribution in [-0.2, 0) is 0 Å². The van der Waals surface area contributed by atoms with Crippen LogP contribution in [0.2, 0.25) is 0 Å². The molecule has 0 fully saturated rings. The topological polar surface area (TPSA) is 76.2 Å². The normalized spacial score (nSPS) is 12.0. The molecule has 0 aliphatic carbocycles. The number of rotatable bonds is 5. The molecule has 1 atom stereocenters. The predicted molar refractivity (Wildman–Crippen MR) is 93.9 cm³/mol. The van der Waals surface area contributed by atoms with Gasteiger partial charge in [0.15, 0.2) is 0 Å². The van der Waals surface area contributed by atoms with E-state index in [0.717, 1.165) is 17.1 Å². The standard InChI is InChI=1S/C18H19N3O3/c1-11(14-10-12(23-2)8-9-16(14)24-3)19-18-20-15-7-5-4-6-13(15)17(22)21-18/h4-11H,1-3H3,(H2,19,20,21,22)/t11-/m0/s1. The molecule has 1 aromatic heterocycles. The number of H-pyrrole nitrogens is 1. The van der Waals surface area contributed by atoms with Crippen LogP contribution in [0.5, 0.6) is 11.5 Å². The number of ether oxygens (including phenoxy) is 2. The van der Waals surface area contributed by atoms with Gasteiger partial charge >= 0.3 is 0 Å². The lowest BCUT2D eigenvalue weighted by molar-refractivity contribution is 0.397. The number of benzene rings is 2. The summed E-state index contributed by atoms with van der Waals surface area (Å²) in [6.45, 7) is 1.96. The van der Waals surface area contributed by atoms with Gasteiger partial charge in [-0.25, -0.2) is 4.98 Å². The van der Waals surface area contributed by atoms with E-state index in [9.17, 15) is 4.79 Å². The van der Waals surface area contributed by atoms with Crippen molar-refractivity contribution in [1.29, 1.82) is 0 Å². The van der Waals surface area contributed by atoms with Crippen molar-refractivity contribution in [2.75, 3.05) is 19.5 Å². The Labute approximate surface area is 139 Å². The summed E-state index contributed by atoms with van der Waals surface area (Å²) in [5.74, 6) is 1.88. The van der Waals surface area contributed by atoms with E-state index < -0.39 is 0 Å². The van der Waals surface area contributed by atoms with E-state index in [1.165, 1.54) is 0 Å². The van der Waals surface area contributed by atoms with Crippen LogP contribution < -0.4 is 20.3 Å². The van der Waals surface area contributed by atoms with Crippen LogP contribution in [-0.4, -0.2) is 24.2 Å². The Hall–Kier alpha value is -3.02. The van der Waals surface area contributed by atoms with Crippen LogP contribution in [0.15, 0.2) is 47.3 Å². The first kappa shape index (κ1) is 15.9. The first-order valence-corrected chi connectivity index (χ1v) is 7.60. The zero-order chi connectivity index (χ0) is 17.1. The van der Waals surface area contributed by atoms with Crippen molar-refractivity contribution in [3.8, 4) is 11.5 Å². The van der Waals surface area contributed by atoms with Crippen molar-refractivity contribution >= 4 is 16.9 Å². The zero-order valence-corrected chi connectivity index (χ0v) is 13.8. The minimum absolute atomic E-state index is 0.139. The maximum atomic E-state index is 12.2. The van der Waals surface area contributed by atoms with E-state index in [1.807, 2.05) is 43.3 Å². The average molecular weight is 325 g/mol. The molecule has 0 radical (unpaired) electrons. The molecule has 1 heterocycles. The summed E-state index contributed by atoms with van der Waals surface area (Å²) in [4.78, 5) is 19.4. The molecule has 0 bridgehead atoms.